The molecule has 0 saturated carbocycles. The second-order valence-corrected chi connectivity index (χ2v) is 5.08. The first-order valence-corrected chi connectivity index (χ1v) is 6.11. The van der Waals surface area contributed by atoms with Gasteiger partial charge in [0.25, 0.3) is 0 Å². The summed E-state index contributed by atoms with van der Waals surface area (Å²) in [5.41, 5.74) is 0. The van der Waals surface area contributed by atoms with Crippen LogP contribution in [0.5, 0.6) is 0 Å². The van der Waals surface area contributed by atoms with Gasteiger partial charge in [0, 0.05) is 12.6 Å². The van der Waals surface area contributed by atoms with Crippen LogP contribution in [0.2, 0.25) is 0 Å². The van der Waals surface area contributed by atoms with Crippen LogP contribution < -0.4 is 10.0 Å². The molecule has 0 spiro atoms. The minimum atomic E-state index is -3.09. The molecule has 0 amide bonds. The zero-order chi connectivity index (χ0) is 9.73. The fourth-order valence-electron chi connectivity index (χ4n) is 1.31. The Bertz CT molecular complexity index is 255. The van der Waals surface area contributed by atoms with Crippen molar-refractivity contribution < 1.29 is 8.42 Å². The maximum Gasteiger partial charge on any atom is 0.212 e. The van der Waals surface area contributed by atoms with Crippen molar-refractivity contribution in [1.29, 1.82) is 0 Å². The summed E-state index contributed by atoms with van der Waals surface area (Å²) in [6, 6.07) is 0.0785. The smallest absolute Gasteiger partial charge is 0.212 e. The summed E-state index contributed by atoms with van der Waals surface area (Å²) in [6.07, 6.45) is 3.01. The highest BCUT2D eigenvalue weighted by atomic mass is 32.2. The molecule has 1 saturated heterocycles. The number of allylic oxidation sites excluding steroid dienone is 1. The fourth-order valence-corrected chi connectivity index (χ4v) is 2.61. The average Bonchev–Trinajstić information content (AvgIpc) is 2.52. The molecule has 1 aliphatic rings. The first kappa shape index (κ1) is 10.7. The van der Waals surface area contributed by atoms with E-state index in [2.05, 4.69) is 16.6 Å². The van der Waals surface area contributed by atoms with Gasteiger partial charge in [0.1, 0.15) is 0 Å². The Hall–Kier alpha value is -0.390. The molecule has 4 nitrogen and oxygen atoms in total. The van der Waals surface area contributed by atoms with Crippen LogP contribution in [0.4, 0.5) is 0 Å². The predicted octanol–water partition coefficient (Wildman–Crippen LogP) is -0.156. The Balaban J connectivity index is 2.36. The maximum atomic E-state index is 11.4. The lowest BCUT2D eigenvalue weighted by Crippen LogP contribution is -2.37. The second kappa shape index (κ2) is 4.74. The summed E-state index contributed by atoms with van der Waals surface area (Å²) in [6.45, 7) is 5.13. The minimum absolute atomic E-state index is 0.0785. The van der Waals surface area contributed by atoms with Crippen LogP contribution in [0.3, 0.4) is 0 Å². The van der Waals surface area contributed by atoms with E-state index in [0.29, 0.717) is 6.42 Å². The van der Waals surface area contributed by atoms with Crippen molar-refractivity contribution in [3.63, 3.8) is 0 Å². The lowest BCUT2D eigenvalue weighted by atomic mass is 10.3. The van der Waals surface area contributed by atoms with Crippen molar-refractivity contribution in [2.45, 2.75) is 18.9 Å². The molecule has 0 aromatic heterocycles. The van der Waals surface area contributed by atoms with Gasteiger partial charge in [0.15, 0.2) is 0 Å². The molecule has 13 heavy (non-hydrogen) atoms. The van der Waals surface area contributed by atoms with Crippen LogP contribution in [0.25, 0.3) is 0 Å². The van der Waals surface area contributed by atoms with Gasteiger partial charge in [-0.3, -0.25) is 0 Å². The maximum absolute atomic E-state index is 11.4. The first-order valence-electron chi connectivity index (χ1n) is 4.45. The molecule has 1 unspecified atom stereocenters. The summed E-state index contributed by atoms with van der Waals surface area (Å²) in [4.78, 5) is 0. The molecule has 0 radical (unpaired) electrons. The molecule has 1 fully saturated rings. The van der Waals surface area contributed by atoms with Gasteiger partial charge < -0.3 is 5.32 Å². The second-order valence-electron chi connectivity index (χ2n) is 3.20. The zero-order valence-electron chi connectivity index (χ0n) is 7.62. The van der Waals surface area contributed by atoms with Gasteiger partial charge in [0.2, 0.25) is 10.0 Å². The van der Waals surface area contributed by atoms with E-state index in [-0.39, 0.29) is 11.8 Å². The van der Waals surface area contributed by atoms with E-state index in [1.807, 2.05) is 0 Å². The van der Waals surface area contributed by atoms with Gasteiger partial charge in [-0.25, -0.2) is 13.1 Å². The molecule has 76 valence electrons. The first-order chi connectivity index (χ1) is 6.14. The van der Waals surface area contributed by atoms with E-state index in [0.717, 1.165) is 19.5 Å². The van der Waals surface area contributed by atoms with Gasteiger partial charge in [-0.1, -0.05) is 6.08 Å². The van der Waals surface area contributed by atoms with Gasteiger partial charge in [-0.2, -0.15) is 0 Å². The molecule has 1 rings (SSSR count). The third-order valence-corrected chi connectivity index (χ3v) is 3.46. The van der Waals surface area contributed by atoms with E-state index < -0.39 is 10.0 Å². The SMILES string of the molecule is C=CCCS(=O)(=O)NC1CCNC1. The van der Waals surface area contributed by atoms with Crippen LogP contribution in [-0.4, -0.2) is 33.3 Å². The predicted molar refractivity (Wildman–Crippen MR) is 53.0 cm³/mol. The molecular formula is C8H16N2O2S. The molecule has 5 heteroatoms. The van der Waals surface area contributed by atoms with E-state index in [1.165, 1.54) is 0 Å². The van der Waals surface area contributed by atoms with Gasteiger partial charge >= 0.3 is 0 Å². The lowest BCUT2D eigenvalue weighted by Gasteiger charge is -2.10. The third kappa shape index (κ3) is 3.89. The third-order valence-electron chi connectivity index (χ3n) is 2.00. The lowest BCUT2D eigenvalue weighted by molar-refractivity contribution is 0.560. The Morgan fingerprint density at radius 3 is 2.92 bits per heavy atom. The Morgan fingerprint density at radius 2 is 2.38 bits per heavy atom. The summed E-state index contributed by atoms with van der Waals surface area (Å²) >= 11 is 0. The molecule has 0 aromatic carbocycles. The number of sulfonamides is 1. The normalized spacial score (nSPS) is 23.2. The molecule has 1 heterocycles. The van der Waals surface area contributed by atoms with Crippen molar-refractivity contribution >= 4 is 10.0 Å². The fraction of sp³-hybridized carbons (Fsp3) is 0.750. The summed E-state index contributed by atoms with van der Waals surface area (Å²) in [7, 11) is -3.09. The van der Waals surface area contributed by atoms with Crippen molar-refractivity contribution in [3.8, 4) is 0 Å². The topological polar surface area (TPSA) is 58.2 Å². The number of rotatable bonds is 5. The number of nitrogens with one attached hydrogen (secondary N) is 2. The van der Waals surface area contributed by atoms with Crippen LogP contribution in [-0.2, 0) is 10.0 Å². The number of hydrogen-bond donors (Lipinski definition) is 2. The molecule has 1 aliphatic heterocycles. The number of hydrogen-bond acceptors (Lipinski definition) is 3. The highest BCUT2D eigenvalue weighted by molar-refractivity contribution is 7.89. The van der Waals surface area contributed by atoms with Gasteiger partial charge in [-0.15, -0.1) is 6.58 Å². The molecule has 0 bridgehead atoms. The summed E-state index contributed by atoms with van der Waals surface area (Å²) < 4.78 is 25.4. The molecule has 2 N–H and O–H groups in total. The Kier molecular flexibility index (Phi) is 3.90. The van der Waals surface area contributed by atoms with Crippen LogP contribution in [0.1, 0.15) is 12.8 Å². The van der Waals surface area contributed by atoms with Gasteiger partial charge in [0.05, 0.1) is 5.75 Å². The van der Waals surface area contributed by atoms with Crippen LogP contribution in [0, 0.1) is 0 Å². The van der Waals surface area contributed by atoms with E-state index >= 15 is 0 Å². The largest absolute Gasteiger partial charge is 0.315 e. The molecular weight excluding hydrogens is 188 g/mol. The average molecular weight is 204 g/mol. The van der Waals surface area contributed by atoms with E-state index in [4.69, 9.17) is 0 Å². The Morgan fingerprint density at radius 1 is 1.62 bits per heavy atom. The minimum Gasteiger partial charge on any atom is -0.315 e. The van der Waals surface area contributed by atoms with Crippen molar-refractivity contribution in [3.05, 3.63) is 12.7 Å². The molecule has 0 aliphatic carbocycles. The highest BCUT2D eigenvalue weighted by Crippen LogP contribution is 2.00. The highest BCUT2D eigenvalue weighted by Gasteiger charge is 2.19. The van der Waals surface area contributed by atoms with Crippen molar-refractivity contribution in [2.24, 2.45) is 0 Å². The summed E-state index contributed by atoms with van der Waals surface area (Å²) in [5, 5.41) is 3.10. The van der Waals surface area contributed by atoms with Crippen LogP contribution in [0.15, 0.2) is 12.7 Å². The quantitative estimate of drug-likeness (QED) is 0.612. The van der Waals surface area contributed by atoms with Crippen molar-refractivity contribution in [1.82, 2.24) is 10.0 Å². The van der Waals surface area contributed by atoms with E-state index in [9.17, 15) is 8.42 Å². The monoisotopic (exact) mass is 204 g/mol. The summed E-state index contributed by atoms with van der Waals surface area (Å²) in [5.74, 6) is 0.146. The van der Waals surface area contributed by atoms with E-state index in [1.54, 1.807) is 6.08 Å². The van der Waals surface area contributed by atoms with Crippen molar-refractivity contribution in [2.75, 3.05) is 18.8 Å². The van der Waals surface area contributed by atoms with Crippen LogP contribution >= 0.6 is 0 Å². The molecule has 1 atom stereocenters. The Labute approximate surface area is 79.5 Å². The standard InChI is InChI=1S/C8H16N2O2S/c1-2-3-6-13(11,12)10-8-4-5-9-7-8/h2,8-10H,1,3-7H2. The zero-order valence-corrected chi connectivity index (χ0v) is 8.44. The molecule has 0 aromatic rings. The van der Waals surface area contributed by atoms with Gasteiger partial charge in [-0.05, 0) is 19.4 Å².